The van der Waals surface area contributed by atoms with Gasteiger partial charge in [-0.1, -0.05) is 12.1 Å². The molecule has 0 radical (unpaired) electrons. The fraction of sp³-hybridized carbons (Fsp3) is 0.467. The number of carbonyl (C=O) groups excluding carboxylic acids is 1. The van der Waals surface area contributed by atoms with Crippen molar-refractivity contribution in [2.45, 2.75) is 25.1 Å². The Morgan fingerprint density at radius 2 is 1.92 bits per heavy atom. The van der Waals surface area contributed by atoms with E-state index in [0.717, 1.165) is 11.0 Å². The minimum absolute atomic E-state index is 0.111. The number of imidazole rings is 1. The third-order valence-electron chi connectivity index (χ3n) is 4.07. The van der Waals surface area contributed by atoms with Crippen LogP contribution in [0.3, 0.4) is 0 Å². The molecule has 2 heterocycles. The summed E-state index contributed by atoms with van der Waals surface area (Å²) in [5.41, 5.74) is 1.28. The van der Waals surface area contributed by atoms with Crippen LogP contribution < -0.4 is 5.69 Å². The van der Waals surface area contributed by atoms with Crippen molar-refractivity contribution in [3.63, 3.8) is 0 Å². The van der Waals surface area contributed by atoms with Gasteiger partial charge in [-0.3, -0.25) is 4.57 Å². The SMILES string of the molecule is O=C(OCC(F)(F)F)N1CCC(n2c(=O)[nH]c3ccccc32)CC1. The Balaban J connectivity index is 1.66. The fourth-order valence-electron chi connectivity index (χ4n) is 2.98. The molecule has 0 bridgehead atoms. The molecular formula is C15H16F3N3O3. The van der Waals surface area contributed by atoms with E-state index in [1.54, 1.807) is 10.6 Å². The first-order chi connectivity index (χ1) is 11.3. The monoisotopic (exact) mass is 343 g/mol. The van der Waals surface area contributed by atoms with Gasteiger partial charge in [0.1, 0.15) is 0 Å². The molecule has 1 aliphatic heterocycles. The number of piperidine rings is 1. The van der Waals surface area contributed by atoms with Crippen LogP contribution in [0.15, 0.2) is 29.1 Å². The standard InChI is InChI=1S/C15H16F3N3O3/c16-15(17,18)9-24-14(23)20-7-5-10(6-8-20)21-12-4-2-1-3-11(12)19-13(21)22/h1-4,10H,5-9H2,(H,19,22). The number of halogens is 3. The highest BCUT2D eigenvalue weighted by atomic mass is 19.4. The van der Waals surface area contributed by atoms with E-state index in [1.807, 2.05) is 18.2 Å². The molecule has 1 saturated heterocycles. The topological polar surface area (TPSA) is 67.3 Å². The minimum Gasteiger partial charge on any atom is -0.440 e. The van der Waals surface area contributed by atoms with Crippen molar-refractivity contribution in [2.75, 3.05) is 19.7 Å². The molecule has 2 aromatic rings. The van der Waals surface area contributed by atoms with Crippen molar-refractivity contribution in [2.24, 2.45) is 0 Å². The summed E-state index contributed by atoms with van der Waals surface area (Å²) in [6.45, 7) is -1.10. The molecule has 0 atom stereocenters. The van der Waals surface area contributed by atoms with Gasteiger partial charge >= 0.3 is 18.0 Å². The number of aromatic amines is 1. The first-order valence-electron chi connectivity index (χ1n) is 7.53. The molecule has 1 amide bonds. The molecule has 3 rings (SSSR count). The number of rotatable bonds is 2. The lowest BCUT2D eigenvalue weighted by molar-refractivity contribution is -0.162. The number of amides is 1. The summed E-state index contributed by atoms with van der Waals surface area (Å²) in [6, 6.07) is 7.17. The van der Waals surface area contributed by atoms with Crippen molar-refractivity contribution in [3.8, 4) is 0 Å². The maximum absolute atomic E-state index is 12.1. The predicted octanol–water partition coefficient (Wildman–Crippen LogP) is 2.67. The lowest BCUT2D eigenvalue weighted by Gasteiger charge is -2.31. The number of H-pyrrole nitrogens is 1. The second kappa shape index (κ2) is 6.21. The van der Waals surface area contributed by atoms with Crippen molar-refractivity contribution in [1.29, 1.82) is 0 Å². The number of nitrogens with one attached hydrogen (secondary N) is 1. The van der Waals surface area contributed by atoms with Gasteiger partial charge in [0.05, 0.1) is 11.0 Å². The molecule has 1 N–H and O–H groups in total. The molecule has 1 aromatic carbocycles. The van der Waals surface area contributed by atoms with E-state index in [4.69, 9.17) is 0 Å². The molecule has 6 nitrogen and oxygen atoms in total. The number of hydrogen-bond donors (Lipinski definition) is 1. The van der Waals surface area contributed by atoms with Gasteiger partial charge in [-0.15, -0.1) is 0 Å². The summed E-state index contributed by atoms with van der Waals surface area (Å²) in [6.07, 6.45) is -4.56. The third kappa shape index (κ3) is 3.39. The Hall–Kier alpha value is -2.45. The summed E-state index contributed by atoms with van der Waals surface area (Å²) in [5, 5.41) is 0. The molecule has 1 aromatic heterocycles. The Labute approximate surface area is 134 Å². The molecule has 9 heteroatoms. The molecule has 24 heavy (non-hydrogen) atoms. The van der Waals surface area contributed by atoms with E-state index in [1.165, 1.54) is 4.90 Å². The maximum Gasteiger partial charge on any atom is 0.422 e. The number of nitrogens with zero attached hydrogens (tertiary/aromatic N) is 2. The first kappa shape index (κ1) is 16.4. The summed E-state index contributed by atoms with van der Waals surface area (Å²) in [7, 11) is 0. The molecule has 0 spiro atoms. The highest BCUT2D eigenvalue weighted by molar-refractivity contribution is 5.75. The van der Waals surface area contributed by atoms with Crippen molar-refractivity contribution < 1.29 is 22.7 Å². The van der Waals surface area contributed by atoms with E-state index in [2.05, 4.69) is 9.72 Å². The van der Waals surface area contributed by atoms with Gasteiger partial charge in [0.25, 0.3) is 0 Å². The lowest BCUT2D eigenvalue weighted by Crippen LogP contribution is -2.41. The van der Waals surface area contributed by atoms with Crippen molar-refractivity contribution in [1.82, 2.24) is 14.5 Å². The summed E-state index contributed by atoms with van der Waals surface area (Å²) in [5.74, 6) is 0. The molecule has 1 aliphatic rings. The zero-order valence-corrected chi connectivity index (χ0v) is 12.7. The van der Waals surface area contributed by atoms with E-state index >= 15 is 0 Å². The van der Waals surface area contributed by atoms with Gasteiger partial charge in [0.15, 0.2) is 6.61 Å². The van der Waals surface area contributed by atoms with Gasteiger partial charge in [0, 0.05) is 19.1 Å². The fourth-order valence-corrected chi connectivity index (χ4v) is 2.98. The lowest BCUT2D eigenvalue weighted by atomic mass is 10.0. The van der Waals surface area contributed by atoms with Crippen LogP contribution in [-0.4, -0.2) is 46.4 Å². The molecule has 1 fully saturated rings. The van der Waals surface area contributed by atoms with Crippen LogP contribution in [0.25, 0.3) is 11.0 Å². The molecule has 0 unspecified atom stereocenters. The van der Waals surface area contributed by atoms with Gasteiger partial charge in [0.2, 0.25) is 0 Å². The van der Waals surface area contributed by atoms with Crippen LogP contribution in [0.2, 0.25) is 0 Å². The zero-order chi connectivity index (χ0) is 17.3. The number of para-hydroxylation sites is 2. The average Bonchev–Trinajstić information content (AvgIpc) is 2.88. The molecule has 130 valence electrons. The van der Waals surface area contributed by atoms with Crippen LogP contribution in [0.4, 0.5) is 18.0 Å². The number of fused-ring (bicyclic) bond motifs is 1. The number of ether oxygens (including phenoxy) is 1. The summed E-state index contributed by atoms with van der Waals surface area (Å²) >= 11 is 0. The Morgan fingerprint density at radius 1 is 1.25 bits per heavy atom. The number of alkyl halides is 3. The Bertz CT molecular complexity index is 788. The van der Waals surface area contributed by atoms with E-state index in [0.29, 0.717) is 12.8 Å². The number of carbonyl (C=O) groups is 1. The van der Waals surface area contributed by atoms with Crippen LogP contribution in [0.5, 0.6) is 0 Å². The van der Waals surface area contributed by atoms with E-state index < -0.39 is 18.9 Å². The van der Waals surface area contributed by atoms with Gasteiger partial charge in [-0.25, -0.2) is 9.59 Å². The number of hydrogen-bond acceptors (Lipinski definition) is 3. The second-order valence-electron chi connectivity index (χ2n) is 5.71. The Kier molecular flexibility index (Phi) is 4.25. The number of aromatic nitrogens is 2. The van der Waals surface area contributed by atoms with Crippen LogP contribution in [0, 0.1) is 0 Å². The maximum atomic E-state index is 12.1. The van der Waals surface area contributed by atoms with E-state index in [-0.39, 0.29) is 24.8 Å². The second-order valence-corrected chi connectivity index (χ2v) is 5.71. The van der Waals surface area contributed by atoms with Crippen molar-refractivity contribution >= 4 is 17.1 Å². The smallest absolute Gasteiger partial charge is 0.422 e. The number of likely N-dealkylation sites (tertiary alicyclic amines) is 1. The first-order valence-corrected chi connectivity index (χ1v) is 7.53. The third-order valence-corrected chi connectivity index (χ3v) is 4.07. The molecular weight excluding hydrogens is 327 g/mol. The van der Waals surface area contributed by atoms with Crippen LogP contribution in [-0.2, 0) is 4.74 Å². The summed E-state index contributed by atoms with van der Waals surface area (Å²) < 4.78 is 42.2. The average molecular weight is 343 g/mol. The normalized spacial score (nSPS) is 16.5. The van der Waals surface area contributed by atoms with Gasteiger partial charge in [-0.05, 0) is 25.0 Å². The van der Waals surface area contributed by atoms with Crippen LogP contribution >= 0.6 is 0 Å². The minimum atomic E-state index is -4.54. The number of benzene rings is 1. The highest BCUT2D eigenvalue weighted by Crippen LogP contribution is 2.25. The Morgan fingerprint density at radius 3 is 2.58 bits per heavy atom. The largest absolute Gasteiger partial charge is 0.440 e. The van der Waals surface area contributed by atoms with Crippen molar-refractivity contribution in [3.05, 3.63) is 34.7 Å². The van der Waals surface area contributed by atoms with Crippen LogP contribution in [0.1, 0.15) is 18.9 Å². The highest BCUT2D eigenvalue weighted by Gasteiger charge is 2.32. The molecule has 0 saturated carbocycles. The molecule has 0 aliphatic carbocycles. The zero-order valence-electron chi connectivity index (χ0n) is 12.7. The quantitative estimate of drug-likeness (QED) is 0.912. The summed E-state index contributed by atoms with van der Waals surface area (Å²) in [4.78, 5) is 27.8. The predicted molar refractivity (Wildman–Crippen MR) is 79.8 cm³/mol. The van der Waals surface area contributed by atoms with Gasteiger partial charge in [-0.2, -0.15) is 13.2 Å². The van der Waals surface area contributed by atoms with Gasteiger partial charge < -0.3 is 14.6 Å². The van der Waals surface area contributed by atoms with E-state index in [9.17, 15) is 22.8 Å².